The molecule has 0 saturated carbocycles. The van der Waals surface area contributed by atoms with Crippen LogP contribution in [0.1, 0.15) is 11.1 Å². The number of nitrogens with two attached hydrogens (primary N) is 1. The monoisotopic (exact) mass is 322 g/mol. The zero-order valence-electron chi connectivity index (χ0n) is 11.9. The predicted octanol–water partition coefficient (Wildman–Crippen LogP) is 3.23. The Labute approximate surface area is 130 Å². The molecule has 3 N–H and O–H groups in total. The Morgan fingerprint density at radius 2 is 1.96 bits per heavy atom. The molecule has 0 aromatic heterocycles. The number of rotatable bonds is 2. The standard InChI is InChI=1S/C16H13F3N2O2/c17-16(18,19)10-3-1-2-9(6-10)7-14-15(22)21-12-8-11(20)4-5-13(12)23-14/h1-6,8,14H,7,20H2,(H,21,22). The number of hydrogen-bond acceptors (Lipinski definition) is 3. The van der Waals surface area contributed by atoms with Crippen molar-refractivity contribution < 1.29 is 22.7 Å². The van der Waals surface area contributed by atoms with Crippen LogP contribution in [0.4, 0.5) is 24.5 Å². The van der Waals surface area contributed by atoms with Gasteiger partial charge < -0.3 is 15.8 Å². The number of anilines is 2. The third-order valence-corrected chi connectivity index (χ3v) is 3.50. The molecule has 0 saturated heterocycles. The molecule has 1 aliphatic heterocycles. The fourth-order valence-electron chi connectivity index (χ4n) is 2.39. The van der Waals surface area contributed by atoms with Gasteiger partial charge in [0.05, 0.1) is 11.3 Å². The van der Waals surface area contributed by atoms with Gasteiger partial charge in [-0.05, 0) is 29.8 Å². The Hall–Kier alpha value is -2.70. The first kappa shape index (κ1) is 15.2. The van der Waals surface area contributed by atoms with Gasteiger partial charge in [0.1, 0.15) is 5.75 Å². The summed E-state index contributed by atoms with van der Waals surface area (Å²) < 4.78 is 43.8. The third kappa shape index (κ3) is 3.23. The summed E-state index contributed by atoms with van der Waals surface area (Å²) in [5.74, 6) is 0.0243. The average Bonchev–Trinajstić information content (AvgIpc) is 2.48. The molecule has 3 rings (SSSR count). The summed E-state index contributed by atoms with van der Waals surface area (Å²) in [6, 6.07) is 9.66. The van der Waals surface area contributed by atoms with Gasteiger partial charge in [-0.2, -0.15) is 13.2 Å². The van der Waals surface area contributed by atoms with E-state index >= 15 is 0 Å². The molecular formula is C16H13F3N2O2. The van der Waals surface area contributed by atoms with Crippen molar-refractivity contribution in [3.05, 3.63) is 53.6 Å². The normalized spacial score (nSPS) is 17.2. The molecule has 7 heteroatoms. The number of alkyl halides is 3. The van der Waals surface area contributed by atoms with E-state index in [0.717, 1.165) is 12.1 Å². The first-order chi connectivity index (χ1) is 10.8. The molecule has 0 fully saturated rings. The van der Waals surface area contributed by atoms with Crippen molar-refractivity contribution in [2.45, 2.75) is 18.7 Å². The number of carbonyl (C=O) groups is 1. The Balaban J connectivity index is 1.81. The molecule has 1 atom stereocenters. The molecule has 4 nitrogen and oxygen atoms in total. The van der Waals surface area contributed by atoms with Gasteiger partial charge in [0, 0.05) is 12.1 Å². The first-order valence-corrected chi connectivity index (χ1v) is 6.86. The van der Waals surface area contributed by atoms with Crippen LogP contribution < -0.4 is 15.8 Å². The second kappa shape index (κ2) is 5.49. The van der Waals surface area contributed by atoms with Crippen LogP contribution in [-0.4, -0.2) is 12.0 Å². The number of fused-ring (bicyclic) bond motifs is 1. The van der Waals surface area contributed by atoms with Gasteiger partial charge in [-0.1, -0.05) is 18.2 Å². The highest BCUT2D eigenvalue weighted by Gasteiger charge is 2.32. The molecule has 1 unspecified atom stereocenters. The minimum absolute atomic E-state index is 0.0412. The number of hydrogen-bond donors (Lipinski definition) is 2. The summed E-state index contributed by atoms with van der Waals surface area (Å²) in [5.41, 5.74) is 6.18. The lowest BCUT2D eigenvalue weighted by atomic mass is 10.0. The fraction of sp³-hybridized carbons (Fsp3) is 0.188. The predicted molar refractivity (Wildman–Crippen MR) is 79.0 cm³/mol. The highest BCUT2D eigenvalue weighted by Crippen LogP contribution is 2.33. The van der Waals surface area contributed by atoms with Gasteiger partial charge in [-0.25, -0.2) is 0 Å². The number of halogens is 3. The van der Waals surface area contributed by atoms with Crippen molar-refractivity contribution in [3.63, 3.8) is 0 Å². The molecule has 0 bridgehead atoms. The molecule has 120 valence electrons. The molecule has 2 aromatic carbocycles. The number of nitrogen functional groups attached to an aromatic ring is 1. The number of amides is 1. The largest absolute Gasteiger partial charge is 0.478 e. The maximum atomic E-state index is 12.7. The Bertz CT molecular complexity index is 759. The van der Waals surface area contributed by atoms with E-state index in [4.69, 9.17) is 10.5 Å². The van der Waals surface area contributed by atoms with Crippen LogP contribution in [0.25, 0.3) is 0 Å². The van der Waals surface area contributed by atoms with Gasteiger partial charge in [-0.15, -0.1) is 0 Å². The minimum atomic E-state index is -4.42. The summed E-state index contributed by atoms with van der Waals surface area (Å²) in [6.45, 7) is 0. The molecule has 1 amide bonds. The Morgan fingerprint density at radius 1 is 1.17 bits per heavy atom. The summed E-state index contributed by atoms with van der Waals surface area (Å²) in [5, 5.41) is 2.65. The van der Waals surface area contributed by atoms with Crippen LogP contribution in [0, 0.1) is 0 Å². The molecule has 1 heterocycles. The van der Waals surface area contributed by atoms with Crippen molar-refractivity contribution in [1.82, 2.24) is 0 Å². The molecule has 0 radical (unpaired) electrons. The lowest BCUT2D eigenvalue weighted by molar-refractivity contribution is -0.137. The van der Waals surface area contributed by atoms with Gasteiger partial charge in [0.2, 0.25) is 0 Å². The molecule has 0 aliphatic carbocycles. The van der Waals surface area contributed by atoms with Crippen LogP contribution in [0.5, 0.6) is 5.75 Å². The zero-order valence-corrected chi connectivity index (χ0v) is 11.9. The second-order valence-corrected chi connectivity index (χ2v) is 5.25. The van der Waals surface area contributed by atoms with E-state index in [9.17, 15) is 18.0 Å². The Kier molecular flexibility index (Phi) is 3.63. The number of nitrogens with one attached hydrogen (secondary N) is 1. The molecule has 0 spiro atoms. The summed E-state index contributed by atoms with van der Waals surface area (Å²) in [4.78, 5) is 12.1. The van der Waals surface area contributed by atoms with Gasteiger partial charge in [0.25, 0.3) is 5.91 Å². The van der Waals surface area contributed by atoms with E-state index in [1.54, 1.807) is 18.2 Å². The van der Waals surface area contributed by atoms with E-state index < -0.39 is 23.8 Å². The van der Waals surface area contributed by atoms with Crippen molar-refractivity contribution in [2.24, 2.45) is 0 Å². The highest BCUT2D eigenvalue weighted by molar-refractivity contribution is 5.98. The lowest BCUT2D eigenvalue weighted by Gasteiger charge is -2.26. The summed E-state index contributed by atoms with van der Waals surface area (Å²) in [6.07, 6.45) is -5.27. The molecular weight excluding hydrogens is 309 g/mol. The average molecular weight is 322 g/mol. The molecule has 2 aromatic rings. The first-order valence-electron chi connectivity index (χ1n) is 6.86. The number of ether oxygens (including phenoxy) is 1. The third-order valence-electron chi connectivity index (χ3n) is 3.50. The molecule has 23 heavy (non-hydrogen) atoms. The molecule has 1 aliphatic rings. The Morgan fingerprint density at radius 3 is 2.70 bits per heavy atom. The van der Waals surface area contributed by atoms with Gasteiger partial charge >= 0.3 is 6.18 Å². The zero-order chi connectivity index (χ0) is 16.6. The fourth-order valence-corrected chi connectivity index (χ4v) is 2.39. The van der Waals surface area contributed by atoms with E-state index in [0.29, 0.717) is 22.7 Å². The van der Waals surface area contributed by atoms with Crippen molar-refractivity contribution in [2.75, 3.05) is 11.1 Å². The topological polar surface area (TPSA) is 64.3 Å². The summed E-state index contributed by atoms with van der Waals surface area (Å²) in [7, 11) is 0. The van der Waals surface area contributed by atoms with Crippen LogP contribution in [-0.2, 0) is 17.4 Å². The van der Waals surface area contributed by atoms with Crippen molar-refractivity contribution in [1.29, 1.82) is 0 Å². The van der Waals surface area contributed by atoms with Crippen LogP contribution in [0.3, 0.4) is 0 Å². The van der Waals surface area contributed by atoms with Crippen molar-refractivity contribution in [3.8, 4) is 5.75 Å². The SMILES string of the molecule is Nc1ccc2c(c1)NC(=O)C(Cc1cccc(C(F)(F)F)c1)O2. The van der Waals surface area contributed by atoms with Crippen molar-refractivity contribution >= 4 is 17.3 Å². The van der Waals surface area contributed by atoms with Crippen LogP contribution >= 0.6 is 0 Å². The second-order valence-electron chi connectivity index (χ2n) is 5.25. The lowest BCUT2D eigenvalue weighted by Crippen LogP contribution is -2.38. The van der Waals surface area contributed by atoms with E-state index in [1.165, 1.54) is 12.1 Å². The van der Waals surface area contributed by atoms with E-state index in [1.807, 2.05) is 0 Å². The maximum Gasteiger partial charge on any atom is 0.416 e. The minimum Gasteiger partial charge on any atom is -0.478 e. The number of benzene rings is 2. The van der Waals surface area contributed by atoms with E-state index in [-0.39, 0.29) is 6.42 Å². The van der Waals surface area contributed by atoms with Gasteiger partial charge in [0.15, 0.2) is 6.10 Å². The van der Waals surface area contributed by atoms with Crippen LogP contribution in [0.2, 0.25) is 0 Å². The van der Waals surface area contributed by atoms with Crippen LogP contribution in [0.15, 0.2) is 42.5 Å². The highest BCUT2D eigenvalue weighted by atomic mass is 19.4. The van der Waals surface area contributed by atoms with Gasteiger partial charge in [-0.3, -0.25) is 4.79 Å². The van der Waals surface area contributed by atoms with E-state index in [2.05, 4.69) is 5.32 Å². The smallest absolute Gasteiger partial charge is 0.416 e. The number of carbonyl (C=O) groups excluding carboxylic acids is 1. The maximum absolute atomic E-state index is 12.7. The quantitative estimate of drug-likeness (QED) is 0.834. The summed E-state index contributed by atoms with van der Waals surface area (Å²) >= 11 is 0.